The summed E-state index contributed by atoms with van der Waals surface area (Å²) in [5.41, 5.74) is 13.1. The van der Waals surface area contributed by atoms with Gasteiger partial charge >= 0.3 is 0 Å². The molecule has 1 aromatic heterocycles. The van der Waals surface area contributed by atoms with Crippen LogP contribution in [0.2, 0.25) is 0 Å². The van der Waals surface area contributed by atoms with Crippen molar-refractivity contribution in [2.45, 2.75) is 31.7 Å². The number of carbonyl (C=O) groups excluding carboxylic acids is 2. The number of aliphatic imine (C=N–C) groups is 1. The van der Waals surface area contributed by atoms with E-state index in [4.69, 9.17) is 11.5 Å². The molecular formula is C22H26FN5O2. The number of aromatic nitrogens is 1. The summed E-state index contributed by atoms with van der Waals surface area (Å²) in [5.74, 6) is -0.796. The molecule has 7 nitrogen and oxygen atoms in total. The van der Waals surface area contributed by atoms with Gasteiger partial charge in [0, 0.05) is 49.4 Å². The smallest absolute Gasteiger partial charge is 0.250 e. The molecule has 0 radical (unpaired) electrons. The van der Waals surface area contributed by atoms with Crippen molar-refractivity contribution in [3.8, 4) is 0 Å². The summed E-state index contributed by atoms with van der Waals surface area (Å²) in [7, 11) is 0. The quantitative estimate of drug-likeness (QED) is 0.554. The Balaban J connectivity index is 1.48. The molecule has 2 heterocycles. The fourth-order valence-electron chi connectivity index (χ4n) is 3.54. The van der Waals surface area contributed by atoms with Crippen LogP contribution in [0.3, 0.4) is 0 Å². The maximum Gasteiger partial charge on any atom is 0.250 e. The van der Waals surface area contributed by atoms with Gasteiger partial charge in [0.1, 0.15) is 11.7 Å². The van der Waals surface area contributed by atoms with Gasteiger partial charge in [0.05, 0.1) is 0 Å². The van der Waals surface area contributed by atoms with Crippen LogP contribution in [-0.2, 0) is 16.0 Å². The van der Waals surface area contributed by atoms with E-state index in [0.29, 0.717) is 43.5 Å². The van der Waals surface area contributed by atoms with Crippen molar-refractivity contribution in [2.24, 2.45) is 22.4 Å². The fourth-order valence-corrected chi connectivity index (χ4v) is 3.54. The number of hydrogen-bond donors (Lipinski definition) is 2. The SMILES string of the molecule is NC(=NC(=O)C1CCN(C(=O)C[C@H](N)Cc2ccccc2F)CC1)c1cccnc1. The first-order chi connectivity index (χ1) is 14.4. The number of carbonyl (C=O) groups is 2. The molecule has 3 rings (SSSR count). The fraction of sp³-hybridized carbons (Fsp3) is 0.364. The second-order valence-electron chi connectivity index (χ2n) is 7.49. The van der Waals surface area contributed by atoms with E-state index in [1.54, 1.807) is 47.6 Å². The molecule has 158 valence electrons. The molecule has 1 aliphatic rings. The highest BCUT2D eigenvalue weighted by Gasteiger charge is 2.28. The van der Waals surface area contributed by atoms with Gasteiger partial charge in [-0.15, -0.1) is 0 Å². The van der Waals surface area contributed by atoms with Gasteiger partial charge in [-0.25, -0.2) is 4.39 Å². The summed E-state index contributed by atoms with van der Waals surface area (Å²) in [6, 6.07) is 9.43. The van der Waals surface area contributed by atoms with Crippen LogP contribution in [0.4, 0.5) is 4.39 Å². The highest BCUT2D eigenvalue weighted by Crippen LogP contribution is 2.20. The van der Waals surface area contributed by atoms with E-state index in [-0.39, 0.29) is 35.8 Å². The average molecular weight is 411 g/mol. The Labute approximate surface area is 175 Å². The molecule has 0 unspecified atom stereocenters. The van der Waals surface area contributed by atoms with Gasteiger partial charge in [0.15, 0.2) is 0 Å². The van der Waals surface area contributed by atoms with Crippen LogP contribution in [0.5, 0.6) is 0 Å². The van der Waals surface area contributed by atoms with E-state index < -0.39 is 6.04 Å². The Morgan fingerprint density at radius 1 is 1.20 bits per heavy atom. The van der Waals surface area contributed by atoms with Crippen LogP contribution in [0.25, 0.3) is 0 Å². The van der Waals surface area contributed by atoms with Crippen molar-refractivity contribution < 1.29 is 14.0 Å². The van der Waals surface area contributed by atoms with Gasteiger partial charge in [-0.3, -0.25) is 14.6 Å². The lowest BCUT2D eigenvalue weighted by molar-refractivity contribution is -0.135. The predicted molar refractivity (Wildman–Crippen MR) is 112 cm³/mol. The lowest BCUT2D eigenvalue weighted by Gasteiger charge is -2.31. The molecule has 8 heteroatoms. The third kappa shape index (κ3) is 5.70. The molecule has 30 heavy (non-hydrogen) atoms. The molecule has 1 saturated heterocycles. The highest BCUT2D eigenvalue weighted by atomic mass is 19.1. The van der Waals surface area contributed by atoms with Crippen molar-refractivity contribution in [3.63, 3.8) is 0 Å². The van der Waals surface area contributed by atoms with Crippen molar-refractivity contribution in [1.82, 2.24) is 9.88 Å². The van der Waals surface area contributed by atoms with Crippen LogP contribution >= 0.6 is 0 Å². The number of pyridine rings is 1. The normalized spacial score (nSPS) is 16.3. The first-order valence-corrected chi connectivity index (χ1v) is 9.99. The zero-order chi connectivity index (χ0) is 21.5. The van der Waals surface area contributed by atoms with E-state index in [1.165, 1.54) is 6.07 Å². The molecule has 0 bridgehead atoms. The summed E-state index contributed by atoms with van der Waals surface area (Å²) in [6.07, 6.45) is 4.66. The largest absolute Gasteiger partial charge is 0.383 e. The number of nitrogens with zero attached hydrogens (tertiary/aromatic N) is 3. The maximum atomic E-state index is 13.8. The van der Waals surface area contributed by atoms with Crippen LogP contribution in [0.1, 0.15) is 30.4 Å². The van der Waals surface area contributed by atoms with Crippen molar-refractivity contribution in [1.29, 1.82) is 0 Å². The van der Waals surface area contributed by atoms with Crippen LogP contribution in [-0.4, -0.2) is 46.7 Å². The number of likely N-dealkylation sites (tertiary alicyclic amines) is 1. The first-order valence-electron chi connectivity index (χ1n) is 9.99. The van der Waals surface area contributed by atoms with E-state index in [1.807, 2.05) is 0 Å². The Hall–Kier alpha value is -3.13. The lowest BCUT2D eigenvalue weighted by atomic mass is 9.95. The molecule has 0 saturated carbocycles. The first kappa shape index (κ1) is 21.6. The topological polar surface area (TPSA) is 115 Å². The summed E-state index contributed by atoms with van der Waals surface area (Å²) in [4.78, 5) is 34.6. The molecule has 0 aliphatic carbocycles. The number of hydrogen-bond acceptors (Lipinski definition) is 4. The zero-order valence-electron chi connectivity index (χ0n) is 16.7. The van der Waals surface area contributed by atoms with Crippen molar-refractivity contribution in [3.05, 3.63) is 65.7 Å². The second-order valence-corrected chi connectivity index (χ2v) is 7.49. The van der Waals surface area contributed by atoms with Gasteiger partial charge < -0.3 is 16.4 Å². The summed E-state index contributed by atoms with van der Waals surface area (Å²) < 4.78 is 13.8. The Bertz CT molecular complexity index is 911. The zero-order valence-corrected chi connectivity index (χ0v) is 16.7. The molecule has 1 fully saturated rings. The number of rotatable bonds is 6. The molecular weight excluding hydrogens is 385 g/mol. The van der Waals surface area contributed by atoms with Gasteiger partial charge in [-0.05, 0) is 43.0 Å². The Morgan fingerprint density at radius 3 is 2.60 bits per heavy atom. The number of halogens is 1. The second kappa shape index (κ2) is 10.1. The molecule has 1 atom stereocenters. The van der Waals surface area contributed by atoms with Gasteiger partial charge in [0.2, 0.25) is 5.91 Å². The minimum atomic E-state index is -0.461. The third-order valence-corrected chi connectivity index (χ3v) is 5.26. The molecule has 1 aliphatic heterocycles. The molecule has 4 N–H and O–H groups in total. The van der Waals surface area contributed by atoms with Gasteiger partial charge in [-0.2, -0.15) is 4.99 Å². The van der Waals surface area contributed by atoms with E-state index >= 15 is 0 Å². The molecule has 2 aromatic rings. The molecule has 0 spiro atoms. The standard InChI is InChI=1S/C22H26FN5O2/c23-19-6-2-1-4-16(19)12-18(24)13-20(29)28-10-7-15(8-11-28)22(30)27-21(25)17-5-3-9-26-14-17/h1-6,9,14-15,18H,7-8,10-13,24H2,(H2,25,27,30)/t18-/m1/s1. The minimum absolute atomic E-state index is 0.0805. The van der Waals surface area contributed by atoms with E-state index in [2.05, 4.69) is 9.98 Å². The third-order valence-electron chi connectivity index (χ3n) is 5.26. The van der Waals surface area contributed by atoms with Crippen LogP contribution in [0, 0.1) is 11.7 Å². The Kier molecular flexibility index (Phi) is 7.24. The molecule has 1 aromatic carbocycles. The number of piperidine rings is 1. The minimum Gasteiger partial charge on any atom is -0.383 e. The molecule has 2 amide bonds. The maximum absolute atomic E-state index is 13.8. The number of amidine groups is 1. The highest BCUT2D eigenvalue weighted by molar-refractivity contribution is 6.04. The average Bonchev–Trinajstić information content (AvgIpc) is 2.76. The number of nitrogens with two attached hydrogens (primary N) is 2. The van der Waals surface area contributed by atoms with Crippen LogP contribution in [0.15, 0.2) is 53.8 Å². The van der Waals surface area contributed by atoms with Crippen molar-refractivity contribution >= 4 is 17.6 Å². The Morgan fingerprint density at radius 2 is 1.93 bits per heavy atom. The van der Waals surface area contributed by atoms with Gasteiger partial charge in [-0.1, -0.05) is 18.2 Å². The van der Waals surface area contributed by atoms with E-state index in [9.17, 15) is 14.0 Å². The van der Waals surface area contributed by atoms with Crippen LogP contribution < -0.4 is 11.5 Å². The predicted octanol–water partition coefficient (Wildman–Crippen LogP) is 1.65. The summed E-state index contributed by atoms with van der Waals surface area (Å²) in [5, 5.41) is 0. The number of benzene rings is 1. The monoisotopic (exact) mass is 411 g/mol. The summed E-state index contributed by atoms with van der Waals surface area (Å²) in [6.45, 7) is 0.925. The van der Waals surface area contributed by atoms with Gasteiger partial charge in [0.25, 0.3) is 5.91 Å². The lowest BCUT2D eigenvalue weighted by Crippen LogP contribution is -2.42. The van der Waals surface area contributed by atoms with E-state index in [0.717, 1.165) is 0 Å². The number of amides is 2. The van der Waals surface area contributed by atoms with Crippen molar-refractivity contribution in [2.75, 3.05) is 13.1 Å². The summed E-state index contributed by atoms with van der Waals surface area (Å²) >= 11 is 0.